The Bertz CT molecular complexity index is 1900. The number of hydrogen-bond donors (Lipinski definition) is 1. The second kappa shape index (κ2) is 12.4. The standard InChI is InChI=1S/C43H65N3O6Si/c1-28(16-15-22-39(6,7)50)32-19-20-34-40(32,8)27-33(51-29(2)47)35-41(9)23-21-31(52-53(10,11)38(3,4)5)26-42(41)24-25-43(34,35)46-37(49)44(36(48)45(42)46)30-17-13-12-14-18-30/h12-14,17-18,24-25,28,31-35,50H,15-16,19-23,26-27H2,1-11H3/t28-,31+,32-,33-,34-,35-,40-,41-,42-,43+/m1/s1. The molecule has 292 valence electrons. The van der Waals surface area contributed by atoms with E-state index < -0.39 is 36.5 Å². The molecule has 2 bridgehead atoms. The Kier molecular flexibility index (Phi) is 9.03. The quantitative estimate of drug-likeness (QED) is 0.159. The van der Waals surface area contributed by atoms with E-state index in [1.54, 1.807) is 0 Å². The molecule has 10 atom stereocenters. The summed E-state index contributed by atoms with van der Waals surface area (Å²) in [7, 11) is -2.18. The van der Waals surface area contributed by atoms with E-state index >= 15 is 9.59 Å². The Labute approximate surface area is 317 Å². The van der Waals surface area contributed by atoms with Crippen LogP contribution in [0.5, 0.6) is 0 Å². The summed E-state index contributed by atoms with van der Waals surface area (Å²) in [5, 5.41) is 10.5. The van der Waals surface area contributed by atoms with Gasteiger partial charge in [-0.1, -0.05) is 84.7 Å². The lowest BCUT2D eigenvalue weighted by Crippen LogP contribution is -2.79. The van der Waals surface area contributed by atoms with E-state index in [0.717, 1.165) is 51.4 Å². The van der Waals surface area contributed by atoms with E-state index in [9.17, 15) is 9.90 Å². The number of benzene rings is 1. The number of esters is 1. The summed E-state index contributed by atoms with van der Waals surface area (Å²) in [6, 6.07) is 9.33. The molecule has 6 aliphatic rings. The summed E-state index contributed by atoms with van der Waals surface area (Å²) in [6.07, 6.45) is 11.6. The number of ether oxygens (including phenoxy) is 1. The highest BCUT2D eigenvalue weighted by Crippen LogP contribution is 2.74. The van der Waals surface area contributed by atoms with Crippen molar-refractivity contribution in [1.29, 1.82) is 0 Å². The molecule has 10 heteroatoms. The number of allylic oxidation sites excluding steroid dienone is 2. The van der Waals surface area contributed by atoms with Crippen molar-refractivity contribution in [2.45, 2.75) is 167 Å². The molecule has 2 aromatic rings. The highest BCUT2D eigenvalue weighted by Gasteiger charge is 2.78. The molecule has 2 aliphatic heterocycles. The first-order valence-corrected chi connectivity index (χ1v) is 23.3. The van der Waals surface area contributed by atoms with Gasteiger partial charge in [-0.05, 0) is 106 Å². The van der Waals surface area contributed by atoms with Crippen molar-refractivity contribution in [3.8, 4) is 5.69 Å². The van der Waals surface area contributed by atoms with Crippen LogP contribution in [0.4, 0.5) is 0 Å². The molecule has 1 N–H and O–H groups in total. The summed E-state index contributed by atoms with van der Waals surface area (Å²) in [5.74, 6) is 0.252. The molecule has 1 aromatic heterocycles. The van der Waals surface area contributed by atoms with E-state index in [1.807, 2.05) is 53.5 Å². The van der Waals surface area contributed by atoms with Gasteiger partial charge in [-0.15, -0.1) is 0 Å². The minimum absolute atomic E-state index is 0.0177. The van der Waals surface area contributed by atoms with Gasteiger partial charge in [0.25, 0.3) is 0 Å². The fourth-order valence-corrected chi connectivity index (χ4v) is 13.9. The molecular formula is C43H65N3O6Si. The molecule has 0 unspecified atom stereocenters. The van der Waals surface area contributed by atoms with Crippen molar-refractivity contribution in [1.82, 2.24) is 13.9 Å². The highest BCUT2D eigenvalue weighted by molar-refractivity contribution is 6.74. The number of nitrogens with zero attached hydrogens (tertiary/aromatic N) is 3. The second-order valence-corrected chi connectivity index (χ2v) is 25.2. The van der Waals surface area contributed by atoms with Gasteiger partial charge < -0.3 is 14.3 Å². The summed E-state index contributed by atoms with van der Waals surface area (Å²) < 4.78 is 18.8. The third-order valence-electron chi connectivity index (χ3n) is 15.7. The van der Waals surface area contributed by atoms with Gasteiger partial charge in [0, 0.05) is 30.8 Å². The first-order valence-electron chi connectivity index (χ1n) is 20.4. The van der Waals surface area contributed by atoms with Crippen LogP contribution < -0.4 is 11.4 Å². The molecule has 3 saturated carbocycles. The van der Waals surface area contributed by atoms with Crippen LogP contribution in [0.1, 0.15) is 120 Å². The first-order chi connectivity index (χ1) is 24.5. The van der Waals surface area contributed by atoms with Crippen LogP contribution in [0.3, 0.4) is 0 Å². The van der Waals surface area contributed by atoms with Crippen molar-refractivity contribution < 1.29 is 19.1 Å². The average molecular weight is 748 g/mol. The molecule has 0 saturated heterocycles. The number of aromatic nitrogens is 3. The lowest BCUT2D eigenvalue weighted by Gasteiger charge is -2.72. The summed E-state index contributed by atoms with van der Waals surface area (Å²) in [4.78, 5) is 43.6. The maximum atomic E-state index is 15.3. The van der Waals surface area contributed by atoms with E-state index in [0.29, 0.717) is 23.9 Å². The number of carbonyl (C=O) groups excluding carboxylic acids is 1. The number of hydrogen-bond acceptors (Lipinski definition) is 6. The smallest absolute Gasteiger partial charge is 0.352 e. The molecule has 1 aromatic carbocycles. The summed E-state index contributed by atoms with van der Waals surface area (Å²) >= 11 is 0. The molecule has 9 nitrogen and oxygen atoms in total. The molecule has 2 spiro atoms. The second-order valence-electron chi connectivity index (χ2n) is 20.4. The Balaban J connectivity index is 1.44. The van der Waals surface area contributed by atoms with E-state index in [-0.39, 0.29) is 45.7 Å². The number of carbonyl (C=O) groups is 1. The van der Waals surface area contributed by atoms with Gasteiger partial charge in [-0.2, -0.15) is 0 Å². The molecule has 3 heterocycles. The minimum Gasteiger partial charge on any atom is -0.462 e. The van der Waals surface area contributed by atoms with Crippen LogP contribution in [-0.4, -0.2) is 51.1 Å². The maximum absolute atomic E-state index is 15.3. The van der Waals surface area contributed by atoms with E-state index in [2.05, 4.69) is 66.8 Å². The first kappa shape index (κ1) is 38.6. The van der Waals surface area contributed by atoms with Gasteiger partial charge >= 0.3 is 17.3 Å². The zero-order chi connectivity index (χ0) is 38.7. The zero-order valence-electron chi connectivity index (χ0n) is 34.2. The molecule has 0 radical (unpaired) electrons. The maximum Gasteiger partial charge on any atom is 0.352 e. The summed E-state index contributed by atoms with van der Waals surface area (Å²) in [5.41, 5.74) is -3.25. The molecule has 53 heavy (non-hydrogen) atoms. The Hall–Kier alpha value is -2.69. The predicted molar refractivity (Wildman–Crippen MR) is 211 cm³/mol. The van der Waals surface area contributed by atoms with E-state index in [1.165, 1.54) is 11.5 Å². The third kappa shape index (κ3) is 5.53. The topological polar surface area (TPSA) is 105 Å². The molecule has 8 rings (SSSR count). The molecular weight excluding hydrogens is 683 g/mol. The van der Waals surface area contributed by atoms with Gasteiger partial charge in [0.15, 0.2) is 8.32 Å². The van der Waals surface area contributed by atoms with Crippen LogP contribution in [-0.2, 0) is 25.0 Å². The zero-order valence-corrected chi connectivity index (χ0v) is 35.2. The Morgan fingerprint density at radius 3 is 2.26 bits per heavy atom. The predicted octanol–water partition coefficient (Wildman–Crippen LogP) is 7.92. The average Bonchev–Trinajstić information content (AvgIpc) is 3.53. The summed E-state index contributed by atoms with van der Waals surface area (Å²) in [6.45, 7) is 23.7. The molecule has 4 aliphatic carbocycles. The Morgan fingerprint density at radius 1 is 0.981 bits per heavy atom. The van der Waals surface area contributed by atoms with Gasteiger partial charge in [-0.25, -0.2) is 23.5 Å². The van der Waals surface area contributed by atoms with Gasteiger partial charge in [0.2, 0.25) is 0 Å². The van der Waals surface area contributed by atoms with Crippen LogP contribution in [0.25, 0.3) is 5.69 Å². The number of fused-ring (bicyclic) bond motifs is 1. The van der Waals surface area contributed by atoms with Crippen LogP contribution in [0.2, 0.25) is 18.1 Å². The fourth-order valence-electron chi connectivity index (χ4n) is 12.5. The van der Waals surface area contributed by atoms with Gasteiger partial charge in [0.1, 0.15) is 6.10 Å². The van der Waals surface area contributed by atoms with Crippen LogP contribution >= 0.6 is 0 Å². The Morgan fingerprint density at radius 2 is 1.64 bits per heavy atom. The van der Waals surface area contributed by atoms with Gasteiger partial charge in [-0.3, -0.25) is 4.79 Å². The van der Waals surface area contributed by atoms with Crippen LogP contribution in [0.15, 0.2) is 52.1 Å². The van der Waals surface area contributed by atoms with Crippen molar-refractivity contribution in [3.05, 3.63) is 63.5 Å². The normalized spacial score (nSPS) is 36.7. The van der Waals surface area contributed by atoms with Crippen molar-refractivity contribution in [3.63, 3.8) is 0 Å². The lowest BCUT2D eigenvalue weighted by atomic mass is 9.39. The molecule has 0 amide bonds. The van der Waals surface area contributed by atoms with Gasteiger partial charge in [0.05, 0.1) is 22.4 Å². The minimum atomic E-state index is -2.18. The van der Waals surface area contributed by atoms with Crippen molar-refractivity contribution in [2.75, 3.05) is 0 Å². The SMILES string of the molecule is CC(=O)O[C@@H]1C[C@]2(C)[C@@H]([C@H](C)CCCC(C)(C)O)CC[C@H]2[C@@]23C=C[C@]4(C[C@@H](O[Si](C)(C)C(C)(C)C)CC[C@]4(C)[C@@H]12)n1c(=O)n(-c2ccccc2)c(=O)n13. The van der Waals surface area contributed by atoms with E-state index in [4.69, 9.17) is 9.16 Å². The van der Waals surface area contributed by atoms with Crippen LogP contribution in [0, 0.1) is 34.5 Å². The third-order valence-corrected chi connectivity index (χ3v) is 20.3. The molecule has 3 fully saturated rings. The lowest BCUT2D eigenvalue weighted by molar-refractivity contribution is -0.242. The number of para-hydroxylation sites is 1. The number of rotatable bonds is 9. The monoisotopic (exact) mass is 747 g/mol. The number of aliphatic hydroxyl groups is 1. The van der Waals surface area contributed by atoms with Crippen molar-refractivity contribution >= 4 is 14.3 Å². The van der Waals surface area contributed by atoms with Crippen molar-refractivity contribution in [2.24, 2.45) is 34.5 Å². The largest absolute Gasteiger partial charge is 0.462 e. The highest BCUT2D eigenvalue weighted by atomic mass is 28.4. The fraction of sp³-hybridized carbons (Fsp3) is 0.744.